The Balaban J connectivity index is 2.13. The molecule has 128 valence electrons. The first-order valence-corrected chi connectivity index (χ1v) is 9.42. The molecule has 2 aromatic carbocycles. The molecule has 0 saturated carbocycles. The summed E-state index contributed by atoms with van der Waals surface area (Å²) in [5, 5.41) is 2.84. The number of hydrogen-bond donors (Lipinski definition) is 1. The topological polar surface area (TPSA) is 47.6 Å². The first kappa shape index (κ1) is 19.3. The van der Waals surface area contributed by atoms with E-state index in [9.17, 15) is 4.79 Å². The quantitative estimate of drug-likeness (QED) is 0.446. The van der Waals surface area contributed by atoms with Gasteiger partial charge in [0, 0.05) is 5.56 Å². The molecule has 2 aromatic rings. The second-order valence-corrected chi connectivity index (χ2v) is 12.0. The predicted molar refractivity (Wildman–Crippen MR) is 106 cm³/mol. The fourth-order valence-electron chi connectivity index (χ4n) is 1.88. The molecule has 0 bridgehead atoms. The summed E-state index contributed by atoms with van der Waals surface area (Å²) in [6.07, 6.45) is -0.709. The minimum absolute atomic E-state index is 0.240. The summed E-state index contributed by atoms with van der Waals surface area (Å²) < 4.78 is 10.2. The maximum atomic E-state index is 12.4. The van der Waals surface area contributed by atoms with Crippen LogP contribution in [0.4, 0.5) is 0 Å². The average molecular weight is 522 g/mol. The zero-order valence-corrected chi connectivity index (χ0v) is 17.8. The molecule has 0 spiro atoms. The van der Waals surface area contributed by atoms with Crippen LogP contribution in [-0.4, -0.2) is 21.4 Å². The number of carbonyl (C=O) groups excluding carboxylic acids is 1. The molecule has 0 aromatic heterocycles. The Hall–Kier alpha value is -1.05. The molecular formula is C17H16Br3NO3. The Morgan fingerprint density at radius 3 is 2.04 bits per heavy atom. The van der Waals surface area contributed by atoms with Crippen LogP contribution in [0, 0.1) is 6.92 Å². The van der Waals surface area contributed by atoms with E-state index in [2.05, 4.69) is 53.1 Å². The van der Waals surface area contributed by atoms with Gasteiger partial charge in [-0.2, -0.15) is 0 Å². The Bertz CT molecular complexity index is 682. The van der Waals surface area contributed by atoms with Crippen LogP contribution in [0.1, 0.15) is 15.9 Å². The Morgan fingerprint density at radius 2 is 1.54 bits per heavy atom. The molecule has 24 heavy (non-hydrogen) atoms. The average Bonchev–Trinajstić information content (AvgIpc) is 2.54. The Labute approximate surface area is 166 Å². The number of nitrogens with one attached hydrogen (secondary N) is 1. The largest absolute Gasteiger partial charge is 0.497 e. The van der Waals surface area contributed by atoms with Gasteiger partial charge in [0.05, 0.1) is 7.11 Å². The SMILES string of the molecule is COc1ccc(OC(NC(=O)c2ccc(C)cc2)C(Br)(Br)Br)cc1. The van der Waals surface area contributed by atoms with Gasteiger partial charge in [-0.05, 0) is 43.3 Å². The van der Waals surface area contributed by atoms with Crippen molar-refractivity contribution in [2.24, 2.45) is 0 Å². The van der Waals surface area contributed by atoms with Gasteiger partial charge in [-0.3, -0.25) is 4.79 Å². The number of ether oxygens (including phenoxy) is 2. The van der Waals surface area contributed by atoms with Crippen molar-refractivity contribution < 1.29 is 14.3 Å². The van der Waals surface area contributed by atoms with Crippen LogP contribution >= 0.6 is 47.8 Å². The van der Waals surface area contributed by atoms with E-state index in [-0.39, 0.29) is 5.91 Å². The minimum atomic E-state index is -0.826. The molecule has 0 aliphatic heterocycles. The molecule has 0 radical (unpaired) electrons. The van der Waals surface area contributed by atoms with Crippen LogP contribution in [0.15, 0.2) is 48.5 Å². The van der Waals surface area contributed by atoms with Gasteiger partial charge >= 0.3 is 0 Å². The third-order valence-electron chi connectivity index (χ3n) is 3.19. The van der Waals surface area contributed by atoms with Crippen LogP contribution in [0.3, 0.4) is 0 Å². The summed E-state index contributed by atoms with van der Waals surface area (Å²) >= 11 is 10.2. The molecule has 1 N–H and O–H groups in total. The number of alkyl halides is 3. The monoisotopic (exact) mass is 519 g/mol. The summed E-state index contributed by atoms with van der Waals surface area (Å²) in [4.78, 5) is 12.4. The van der Waals surface area contributed by atoms with Crippen molar-refractivity contribution in [1.82, 2.24) is 5.32 Å². The normalized spacial score (nSPS) is 12.4. The Kier molecular flexibility index (Phi) is 6.71. The van der Waals surface area contributed by atoms with Crippen molar-refractivity contribution in [2.75, 3.05) is 7.11 Å². The van der Waals surface area contributed by atoms with Crippen LogP contribution in [0.2, 0.25) is 0 Å². The van der Waals surface area contributed by atoms with E-state index in [1.807, 2.05) is 19.1 Å². The highest BCUT2D eigenvalue weighted by molar-refractivity contribution is 9.39. The number of halogens is 3. The summed E-state index contributed by atoms with van der Waals surface area (Å²) in [6, 6.07) is 14.4. The zero-order chi connectivity index (χ0) is 17.7. The molecule has 7 heteroatoms. The van der Waals surface area contributed by atoms with Gasteiger partial charge in [0.1, 0.15) is 11.5 Å². The molecule has 0 fully saturated rings. The lowest BCUT2D eigenvalue weighted by Gasteiger charge is -2.27. The van der Waals surface area contributed by atoms with Crippen molar-refractivity contribution in [1.29, 1.82) is 0 Å². The van der Waals surface area contributed by atoms with Gasteiger partial charge in [-0.25, -0.2) is 0 Å². The second-order valence-electron chi connectivity index (χ2n) is 5.05. The fraction of sp³-hybridized carbons (Fsp3) is 0.235. The van der Waals surface area contributed by atoms with Crippen LogP contribution < -0.4 is 14.8 Å². The van der Waals surface area contributed by atoms with Crippen molar-refractivity contribution in [2.45, 2.75) is 15.3 Å². The van der Waals surface area contributed by atoms with E-state index < -0.39 is 8.37 Å². The maximum Gasteiger partial charge on any atom is 0.254 e. The number of amides is 1. The first-order chi connectivity index (χ1) is 11.3. The number of carbonyl (C=O) groups is 1. The third-order valence-corrected chi connectivity index (χ3v) is 4.43. The molecule has 0 aliphatic carbocycles. The third kappa shape index (κ3) is 5.50. The van der Waals surface area contributed by atoms with E-state index in [1.165, 1.54) is 0 Å². The summed E-state index contributed by atoms with van der Waals surface area (Å²) in [7, 11) is 1.60. The molecule has 1 amide bonds. The van der Waals surface area contributed by atoms with E-state index in [4.69, 9.17) is 9.47 Å². The smallest absolute Gasteiger partial charge is 0.254 e. The van der Waals surface area contributed by atoms with Crippen molar-refractivity contribution in [3.8, 4) is 11.5 Å². The van der Waals surface area contributed by atoms with Gasteiger partial charge < -0.3 is 14.8 Å². The molecule has 0 saturated heterocycles. The number of methoxy groups -OCH3 is 1. The maximum absolute atomic E-state index is 12.4. The molecule has 1 atom stereocenters. The number of benzene rings is 2. The van der Waals surface area contributed by atoms with Gasteiger partial charge in [0.2, 0.25) is 6.23 Å². The van der Waals surface area contributed by atoms with Gasteiger partial charge in [-0.1, -0.05) is 65.5 Å². The molecule has 0 aliphatic rings. The molecule has 4 nitrogen and oxygen atoms in total. The van der Waals surface area contributed by atoms with E-state index >= 15 is 0 Å². The summed E-state index contributed by atoms with van der Waals surface area (Å²) in [5.41, 5.74) is 1.65. The lowest BCUT2D eigenvalue weighted by Crippen LogP contribution is -2.47. The van der Waals surface area contributed by atoms with Gasteiger partial charge in [-0.15, -0.1) is 0 Å². The minimum Gasteiger partial charge on any atom is -0.497 e. The van der Waals surface area contributed by atoms with Gasteiger partial charge in [0.25, 0.3) is 5.91 Å². The van der Waals surface area contributed by atoms with Crippen molar-refractivity contribution in [3.63, 3.8) is 0 Å². The molecule has 1 unspecified atom stereocenters. The molecular weight excluding hydrogens is 506 g/mol. The predicted octanol–water partition coefficient (Wildman–Crippen LogP) is 4.98. The van der Waals surface area contributed by atoms with Crippen molar-refractivity contribution in [3.05, 3.63) is 59.7 Å². The second kappa shape index (κ2) is 8.36. The van der Waals surface area contributed by atoms with Crippen LogP contribution in [0.25, 0.3) is 0 Å². The van der Waals surface area contributed by atoms with Crippen molar-refractivity contribution >= 4 is 53.7 Å². The first-order valence-electron chi connectivity index (χ1n) is 7.04. The standard InChI is InChI=1S/C17H16Br3NO3/c1-11-3-5-12(6-4-11)15(22)21-16(17(18,19)20)24-14-9-7-13(23-2)8-10-14/h3-10,16H,1-2H3,(H,21,22). The van der Waals surface area contributed by atoms with E-state index in [0.29, 0.717) is 11.3 Å². The zero-order valence-electron chi connectivity index (χ0n) is 13.1. The Morgan fingerprint density at radius 1 is 1.00 bits per heavy atom. The summed E-state index contributed by atoms with van der Waals surface area (Å²) in [5.74, 6) is 1.08. The van der Waals surface area contributed by atoms with E-state index in [0.717, 1.165) is 11.3 Å². The number of hydrogen-bond acceptors (Lipinski definition) is 3. The molecule has 0 heterocycles. The number of rotatable bonds is 5. The highest BCUT2D eigenvalue weighted by Crippen LogP contribution is 2.38. The molecule has 2 rings (SSSR count). The number of aryl methyl sites for hydroxylation is 1. The summed E-state index contributed by atoms with van der Waals surface area (Å²) in [6.45, 7) is 1.97. The van der Waals surface area contributed by atoms with Gasteiger partial charge in [0.15, 0.2) is 2.14 Å². The van der Waals surface area contributed by atoms with Crippen LogP contribution in [0.5, 0.6) is 11.5 Å². The lowest BCUT2D eigenvalue weighted by atomic mass is 10.1. The van der Waals surface area contributed by atoms with E-state index in [1.54, 1.807) is 43.5 Å². The highest BCUT2D eigenvalue weighted by atomic mass is 80.0. The highest BCUT2D eigenvalue weighted by Gasteiger charge is 2.34. The lowest BCUT2D eigenvalue weighted by molar-refractivity contribution is 0.0845. The van der Waals surface area contributed by atoms with Crippen LogP contribution in [-0.2, 0) is 0 Å². The fourth-order valence-corrected chi connectivity index (χ4v) is 2.50.